The smallest absolute Gasteiger partial charge is 0.250 e. The first-order chi connectivity index (χ1) is 6.12. The van der Waals surface area contributed by atoms with Gasteiger partial charge < -0.3 is 11.5 Å². The van der Waals surface area contributed by atoms with Crippen molar-refractivity contribution in [1.82, 2.24) is 5.32 Å². The summed E-state index contributed by atoms with van der Waals surface area (Å²) < 4.78 is 0. The van der Waals surface area contributed by atoms with E-state index < -0.39 is 11.8 Å². The van der Waals surface area contributed by atoms with Gasteiger partial charge in [0.1, 0.15) is 0 Å². The number of nitrogens with one attached hydrogen (secondary N) is 1. The maximum atomic E-state index is 10.3. The molecule has 5 nitrogen and oxygen atoms in total. The molecule has 0 aromatic rings. The summed E-state index contributed by atoms with van der Waals surface area (Å²) in [6, 6.07) is 0. The van der Waals surface area contributed by atoms with E-state index in [4.69, 9.17) is 11.5 Å². The van der Waals surface area contributed by atoms with Crippen molar-refractivity contribution in [2.45, 2.75) is 0 Å². The molecule has 0 aromatic carbocycles. The molecule has 0 aliphatic heterocycles. The van der Waals surface area contributed by atoms with E-state index >= 15 is 0 Å². The second kappa shape index (κ2) is 10.5. The van der Waals surface area contributed by atoms with Crippen LogP contribution in [0.1, 0.15) is 0 Å². The second-order valence-electron chi connectivity index (χ2n) is 1.84. The summed E-state index contributed by atoms with van der Waals surface area (Å²) in [5, 5.41) is 1.97. The topological polar surface area (TPSA) is 98.2 Å². The first-order valence-corrected chi connectivity index (χ1v) is 3.62. The third-order valence-corrected chi connectivity index (χ3v) is 0.784. The van der Waals surface area contributed by atoms with Crippen LogP contribution in [0.25, 0.3) is 0 Å². The molecule has 0 radical (unpaired) electrons. The normalized spacial score (nSPS) is 7.54. The SMILES string of the molecule is C=CC(=O)NC(=O)C=C.NCCN. The average molecular weight is 185 g/mol. The van der Waals surface area contributed by atoms with Gasteiger partial charge >= 0.3 is 0 Å². The molecule has 0 saturated heterocycles. The van der Waals surface area contributed by atoms with Crippen LogP contribution >= 0.6 is 0 Å². The largest absolute Gasteiger partial charge is 0.329 e. The van der Waals surface area contributed by atoms with Gasteiger partial charge in [-0.2, -0.15) is 0 Å². The molecule has 0 fully saturated rings. The van der Waals surface area contributed by atoms with Crippen molar-refractivity contribution >= 4 is 11.8 Å². The number of imide groups is 1. The zero-order valence-electron chi connectivity index (χ0n) is 7.45. The second-order valence-corrected chi connectivity index (χ2v) is 1.84. The Morgan fingerprint density at radius 2 is 1.38 bits per heavy atom. The zero-order chi connectivity index (χ0) is 10.7. The number of amides is 2. The standard InChI is InChI=1S/C6H7NO2.C2H8N2/c1-3-5(8)7-6(9)4-2;3-1-2-4/h3-4H,1-2H2,(H,7,8,9);1-4H2. The van der Waals surface area contributed by atoms with Crippen molar-refractivity contribution in [3.8, 4) is 0 Å². The highest BCUT2D eigenvalue weighted by Crippen LogP contribution is 1.68. The predicted octanol–water partition coefficient (Wildman–Crippen LogP) is -1.09. The van der Waals surface area contributed by atoms with Crippen molar-refractivity contribution in [2.75, 3.05) is 13.1 Å². The first-order valence-electron chi connectivity index (χ1n) is 3.62. The first kappa shape index (κ1) is 14.1. The summed E-state index contributed by atoms with van der Waals surface area (Å²) in [6.07, 6.45) is 2.03. The fourth-order valence-electron chi connectivity index (χ4n) is 0.223. The van der Waals surface area contributed by atoms with Crippen LogP contribution in [0.5, 0.6) is 0 Å². The monoisotopic (exact) mass is 185 g/mol. The van der Waals surface area contributed by atoms with Crippen molar-refractivity contribution in [3.63, 3.8) is 0 Å². The van der Waals surface area contributed by atoms with Crippen molar-refractivity contribution in [3.05, 3.63) is 25.3 Å². The molecule has 0 aromatic heterocycles. The van der Waals surface area contributed by atoms with Crippen molar-refractivity contribution < 1.29 is 9.59 Å². The number of carbonyl (C=O) groups excluding carboxylic acids is 2. The lowest BCUT2D eigenvalue weighted by Gasteiger charge is -1.91. The number of carbonyl (C=O) groups is 2. The van der Waals surface area contributed by atoms with Crippen LogP contribution < -0.4 is 16.8 Å². The Bertz CT molecular complexity index is 170. The van der Waals surface area contributed by atoms with Crippen molar-refractivity contribution in [2.24, 2.45) is 11.5 Å². The van der Waals surface area contributed by atoms with E-state index in [-0.39, 0.29) is 0 Å². The summed E-state index contributed by atoms with van der Waals surface area (Å²) in [7, 11) is 0. The molecule has 74 valence electrons. The molecule has 0 spiro atoms. The van der Waals surface area contributed by atoms with Crippen LogP contribution in [0.3, 0.4) is 0 Å². The highest BCUT2D eigenvalue weighted by atomic mass is 16.2. The van der Waals surface area contributed by atoms with E-state index in [0.717, 1.165) is 12.2 Å². The molecule has 0 rings (SSSR count). The Kier molecular flexibility index (Phi) is 11.4. The van der Waals surface area contributed by atoms with Gasteiger partial charge in [-0.3, -0.25) is 14.9 Å². The molecule has 13 heavy (non-hydrogen) atoms. The molecule has 0 atom stereocenters. The predicted molar refractivity (Wildman–Crippen MR) is 51.7 cm³/mol. The zero-order valence-corrected chi connectivity index (χ0v) is 7.45. The molecule has 0 saturated carbocycles. The molecule has 5 heteroatoms. The van der Waals surface area contributed by atoms with E-state index in [1.54, 1.807) is 0 Å². The number of hydrogen-bond donors (Lipinski definition) is 3. The highest BCUT2D eigenvalue weighted by Gasteiger charge is 1.96. The van der Waals surface area contributed by atoms with Crippen LogP contribution in [-0.2, 0) is 9.59 Å². The van der Waals surface area contributed by atoms with E-state index in [1.165, 1.54) is 0 Å². The van der Waals surface area contributed by atoms with Crippen LogP contribution in [0.15, 0.2) is 25.3 Å². The Labute approximate surface area is 77.5 Å². The Balaban J connectivity index is 0. The van der Waals surface area contributed by atoms with Crippen LogP contribution in [0.2, 0.25) is 0 Å². The van der Waals surface area contributed by atoms with Gasteiger partial charge in [-0.25, -0.2) is 0 Å². The molecule has 2 amide bonds. The minimum Gasteiger partial charge on any atom is -0.329 e. The third-order valence-electron chi connectivity index (χ3n) is 0.784. The van der Waals surface area contributed by atoms with Gasteiger partial charge in [0.05, 0.1) is 0 Å². The van der Waals surface area contributed by atoms with E-state index in [9.17, 15) is 9.59 Å². The fourth-order valence-corrected chi connectivity index (χ4v) is 0.223. The summed E-state index contributed by atoms with van der Waals surface area (Å²) in [6.45, 7) is 7.49. The molecule has 5 N–H and O–H groups in total. The van der Waals surface area contributed by atoms with Gasteiger partial charge in [0.2, 0.25) is 11.8 Å². The average Bonchev–Trinajstić information content (AvgIpc) is 2.17. The summed E-state index contributed by atoms with van der Waals surface area (Å²) in [4.78, 5) is 20.6. The Morgan fingerprint density at radius 1 is 1.08 bits per heavy atom. The third kappa shape index (κ3) is 13.5. The van der Waals surface area contributed by atoms with Gasteiger partial charge in [-0.15, -0.1) is 0 Å². The lowest BCUT2D eigenvalue weighted by Crippen LogP contribution is -2.26. The van der Waals surface area contributed by atoms with Gasteiger partial charge in [-0.1, -0.05) is 13.2 Å². The Hall–Kier alpha value is -1.46. The summed E-state index contributed by atoms with van der Waals surface area (Å²) in [5.41, 5.74) is 9.81. The van der Waals surface area contributed by atoms with Crippen LogP contribution in [0, 0.1) is 0 Å². The lowest BCUT2D eigenvalue weighted by atomic mass is 10.5. The van der Waals surface area contributed by atoms with Gasteiger partial charge in [-0.05, 0) is 12.2 Å². The van der Waals surface area contributed by atoms with E-state index in [0.29, 0.717) is 13.1 Å². The minimum atomic E-state index is -0.514. The van der Waals surface area contributed by atoms with Gasteiger partial charge in [0.15, 0.2) is 0 Å². The quantitative estimate of drug-likeness (QED) is 0.486. The van der Waals surface area contributed by atoms with Crippen LogP contribution in [0.4, 0.5) is 0 Å². The summed E-state index contributed by atoms with van der Waals surface area (Å²) >= 11 is 0. The number of rotatable bonds is 3. The van der Waals surface area contributed by atoms with Gasteiger partial charge in [0.25, 0.3) is 0 Å². The number of nitrogens with two attached hydrogens (primary N) is 2. The summed E-state index contributed by atoms with van der Waals surface area (Å²) in [5.74, 6) is -1.03. The minimum absolute atomic E-state index is 0.514. The maximum absolute atomic E-state index is 10.3. The molecule has 0 heterocycles. The highest BCUT2D eigenvalue weighted by molar-refractivity contribution is 6.04. The van der Waals surface area contributed by atoms with Crippen molar-refractivity contribution in [1.29, 1.82) is 0 Å². The molecule has 0 aliphatic rings. The molecule has 0 unspecified atom stereocenters. The molecular formula is C8H15N3O2. The molecule has 0 bridgehead atoms. The molecular weight excluding hydrogens is 170 g/mol. The fraction of sp³-hybridized carbons (Fsp3) is 0.250. The maximum Gasteiger partial charge on any atom is 0.250 e. The van der Waals surface area contributed by atoms with Crippen LogP contribution in [-0.4, -0.2) is 24.9 Å². The lowest BCUT2D eigenvalue weighted by molar-refractivity contribution is -0.125. The molecule has 0 aliphatic carbocycles. The Morgan fingerprint density at radius 3 is 1.54 bits per heavy atom. The van der Waals surface area contributed by atoms with E-state index in [2.05, 4.69) is 13.2 Å². The van der Waals surface area contributed by atoms with Gasteiger partial charge in [0, 0.05) is 13.1 Å². The van der Waals surface area contributed by atoms with E-state index in [1.807, 2.05) is 5.32 Å². The number of hydrogen-bond acceptors (Lipinski definition) is 4.